The van der Waals surface area contributed by atoms with E-state index in [2.05, 4.69) is 46.5 Å². The van der Waals surface area contributed by atoms with Crippen molar-refractivity contribution in [2.75, 3.05) is 6.54 Å². The molecule has 5 nitrogen and oxygen atoms in total. The van der Waals surface area contributed by atoms with Gasteiger partial charge < -0.3 is 4.98 Å². The van der Waals surface area contributed by atoms with Crippen molar-refractivity contribution in [3.63, 3.8) is 0 Å². The average Bonchev–Trinajstić information content (AvgIpc) is 2.85. The van der Waals surface area contributed by atoms with Gasteiger partial charge in [-0.05, 0) is 34.1 Å². The average molecular weight is 409 g/mol. The highest BCUT2D eigenvalue weighted by Crippen LogP contribution is 2.25. The molecule has 2 N–H and O–H groups in total. The Labute approximate surface area is 128 Å². The maximum atomic E-state index is 12.1. The summed E-state index contributed by atoms with van der Waals surface area (Å²) in [6, 6.07) is 5.01. The van der Waals surface area contributed by atoms with Crippen LogP contribution in [0.5, 0.6) is 0 Å². The quantitative estimate of drug-likeness (QED) is 0.797. The van der Waals surface area contributed by atoms with Crippen molar-refractivity contribution in [1.82, 2.24) is 14.7 Å². The number of halogens is 2. The third-order valence-electron chi connectivity index (χ3n) is 2.39. The van der Waals surface area contributed by atoms with Crippen molar-refractivity contribution < 1.29 is 8.42 Å². The number of rotatable bonds is 5. The summed E-state index contributed by atoms with van der Waals surface area (Å²) in [5, 5.41) is 0. The second-order valence-electron chi connectivity index (χ2n) is 3.76. The normalized spacial score (nSPS) is 11.7. The molecule has 0 radical (unpaired) electrons. The molecule has 0 saturated heterocycles. The predicted molar refractivity (Wildman–Crippen MR) is 79.3 cm³/mol. The third-order valence-corrected chi connectivity index (χ3v) is 5.34. The van der Waals surface area contributed by atoms with E-state index < -0.39 is 10.0 Å². The number of aromatic nitrogens is 2. The summed E-state index contributed by atoms with van der Waals surface area (Å²) in [6.45, 7) is 0.287. The zero-order chi connectivity index (χ0) is 13.9. The van der Waals surface area contributed by atoms with E-state index in [1.165, 1.54) is 0 Å². The highest BCUT2D eigenvalue weighted by molar-refractivity contribution is 9.11. The molecule has 0 fully saturated rings. The Morgan fingerprint density at radius 2 is 2.11 bits per heavy atom. The number of H-pyrrole nitrogens is 1. The van der Waals surface area contributed by atoms with Crippen LogP contribution in [0.3, 0.4) is 0 Å². The number of hydrogen-bond acceptors (Lipinski definition) is 3. The lowest BCUT2D eigenvalue weighted by atomic mass is 10.4. The van der Waals surface area contributed by atoms with Gasteiger partial charge in [-0.1, -0.05) is 15.9 Å². The second-order valence-corrected chi connectivity index (χ2v) is 7.26. The van der Waals surface area contributed by atoms with Crippen LogP contribution in [-0.4, -0.2) is 24.9 Å². The van der Waals surface area contributed by atoms with E-state index in [0.29, 0.717) is 15.4 Å². The van der Waals surface area contributed by atoms with E-state index in [1.54, 1.807) is 30.6 Å². The largest absolute Gasteiger partial charge is 0.349 e. The lowest BCUT2D eigenvalue weighted by Gasteiger charge is -2.08. The van der Waals surface area contributed by atoms with Gasteiger partial charge in [0.15, 0.2) is 0 Å². The minimum absolute atomic E-state index is 0.210. The molecule has 102 valence electrons. The summed E-state index contributed by atoms with van der Waals surface area (Å²) >= 11 is 6.50. The van der Waals surface area contributed by atoms with Crippen LogP contribution < -0.4 is 4.72 Å². The molecule has 8 heteroatoms. The Hall–Kier alpha value is -0.700. The number of hydrogen-bond donors (Lipinski definition) is 2. The van der Waals surface area contributed by atoms with Crippen LogP contribution in [0.4, 0.5) is 0 Å². The summed E-state index contributed by atoms with van der Waals surface area (Å²) < 4.78 is 28.1. The first-order valence-electron chi connectivity index (χ1n) is 5.42. The summed E-state index contributed by atoms with van der Waals surface area (Å²) in [5.41, 5.74) is 0. The molecule has 0 aliphatic rings. The fourth-order valence-electron chi connectivity index (χ4n) is 1.50. The topological polar surface area (TPSA) is 74.8 Å². The van der Waals surface area contributed by atoms with Crippen LogP contribution >= 0.6 is 31.9 Å². The number of sulfonamides is 1. The standard InChI is InChI=1S/C11H11Br2N3O2S/c12-8-1-2-9(13)10(7-8)19(17,18)16-4-3-11-14-5-6-15-11/h1-2,5-7,16H,3-4H2,(H,14,15). The minimum atomic E-state index is -3.54. The lowest BCUT2D eigenvalue weighted by molar-refractivity contribution is 0.580. The Bertz CT molecular complexity index is 657. The fraction of sp³-hybridized carbons (Fsp3) is 0.182. The number of benzene rings is 1. The molecule has 2 rings (SSSR count). The van der Waals surface area contributed by atoms with E-state index in [1.807, 2.05) is 0 Å². The number of nitrogens with one attached hydrogen (secondary N) is 2. The molecule has 0 aliphatic heterocycles. The van der Waals surface area contributed by atoms with E-state index in [-0.39, 0.29) is 11.4 Å². The van der Waals surface area contributed by atoms with Gasteiger partial charge in [0.1, 0.15) is 5.82 Å². The van der Waals surface area contributed by atoms with Crippen LogP contribution in [0, 0.1) is 0 Å². The molecule has 19 heavy (non-hydrogen) atoms. The fourth-order valence-corrected chi connectivity index (χ4v) is 4.03. The molecule has 0 saturated carbocycles. The zero-order valence-electron chi connectivity index (χ0n) is 9.73. The molecular formula is C11H11Br2N3O2S. The summed E-state index contributed by atoms with van der Waals surface area (Å²) in [6.07, 6.45) is 3.85. The molecule has 2 aromatic rings. The van der Waals surface area contributed by atoms with Gasteiger partial charge >= 0.3 is 0 Å². The van der Waals surface area contributed by atoms with Gasteiger partial charge in [-0.3, -0.25) is 0 Å². The van der Waals surface area contributed by atoms with Gasteiger partial charge in [0, 0.05) is 34.3 Å². The first-order valence-corrected chi connectivity index (χ1v) is 8.49. The third kappa shape index (κ3) is 3.88. The summed E-state index contributed by atoms with van der Waals surface area (Å²) in [4.78, 5) is 7.16. The first-order chi connectivity index (χ1) is 8.99. The van der Waals surface area contributed by atoms with Crippen molar-refractivity contribution in [3.8, 4) is 0 Å². The van der Waals surface area contributed by atoms with Crippen molar-refractivity contribution in [2.45, 2.75) is 11.3 Å². The summed E-state index contributed by atoms with van der Waals surface area (Å²) in [7, 11) is -3.54. The molecule has 1 heterocycles. The van der Waals surface area contributed by atoms with Crippen LogP contribution in [0.1, 0.15) is 5.82 Å². The van der Waals surface area contributed by atoms with Crippen LogP contribution in [0.2, 0.25) is 0 Å². The molecule has 0 atom stereocenters. The predicted octanol–water partition coefficient (Wildman–Crippen LogP) is 2.46. The molecular weight excluding hydrogens is 398 g/mol. The van der Waals surface area contributed by atoms with Crippen molar-refractivity contribution in [3.05, 3.63) is 45.4 Å². The first kappa shape index (κ1) is 14.7. The van der Waals surface area contributed by atoms with Gasteiger partial charge in [-0.25, -0.2) is 18.1 Å². The molecule has 0 spiro atoms. The summed E-state index contributed by atoms with van der Waals surface area (Å²) in [5.74, 6) is 0.746. The van der Waals surface area contributed by atoms with Crippen LogP contribution in [-0.2, 0) is 16.4 Å². The molecule has 1 aromatic carbocycles. The second kappa shape index (κ2) is 6.17. The van der Waals surface area contributed by atoms with Gasteiger partial charge in [-0.15, -0.1) is 0 Å². The maximum absolute atomic E-state index is 12.1. The van der Waals surface area contributed by atoms with E-state index >= 15 is 0 Å². The molecule has 0 aliphatic carbocycles. The van der Waals surface area contributed by atoms with Crippen LogP contribution in [0.25, 0.3) is 0 Å². The Morgan fingerprint density at radius 1 is 1.32 bits per heavy atom. The van der Waals surface area contributed by atoms with Gasteiger partial charge in [-0.2, -0.15) is 0 Å². The Kier molecular flexibility index (Phi) is 4.77. The molecule has 0 amide bonds. The van der Waals surface area contributed by atoms with Crippen molar-refractivity contribution >= 4 is 41.9 Å². The maximum Gasteiger partial charge on any atom is 0.241 e. The highest BCUT2D eigenvalue weighted by atomic mass is 79.9. The number of aromatic amines is 1. The smallest absolute Gasteiger partial charge is 0.241 e. The van der Waals surface area contributed by atoms with Gasteiger partial charge in [0.05, 0.1) is 4.90 Å². The minimum Gasteiger partial charge on any atom is -0.349 e. The monoisotopic (exact) mass is 407 g/mol. The molecule has 0 bridgehead atoms. The van der Waals surface area contributed by atoms with Crippen molar-refractivity contribution in [1.29, 1.82) is 0 Å². The molecule has 1 aromatic heterocycles. The zero-order valence-corrected chi connectivity index (χ0v) is 13.7. The SMILES string of the molecule is O=S(=O)(NCCc1ncc[nH]1)c1cc(Br)ccc1Br. The van der Waals surface area contributed by atoms with E-state index in [9.17, 15) is 8.42 Å². The Morgan fingerprint density at radius 3 is 2.79 bits per heavy atom. The van der Waals surface area contributed by atoms with Gasteiger partial charge in [0.2, 0.25) is 10.0 Å². The Balaban J connectivity index is 2.07. The number of imidazole rings is 1. The number of nitrogens with zero attached hydrogens (tertiary/aromatic N) is 1. The molecule has 0 unspecified atom stereocenters. The van der Waals surface area contributed by atoms with Crippen molar-refractivity contribution in [2.24, 2.45) is 0 Å². The lowest BCUT2D eigenvalue weighted by Crippen LogP contribution is -2.26. The van der Waals surface area contributed by atoms with Crippen LogP contribution in [0.15, 0.2) is 44.4 Å². The highest BCUT2D eigenvalue weighted by Gasteiger charge is 2.17. The van der Waals surface area contributed by atoms with E-state index in [4.69, 9.17) is 0 Å². The van der Waals surface area contributed by atoms with E-state index in [0.717, 1.165) is 5.82 Å². The van der Waals surface area contributed by atoms with Gasteiger partial charge in [0.25, 0.3) is 0 Å².